The molecule has 0 aliphatic rings. The Bertz CT molecular complexity index is 3880. The van der Waals surface area contributed by atoms with Crippen molar-refractivity contribution in [3.63, 3.8) is 0 Å². The summed E-state index contributed by atoms with van der Waals surface area (Å²) in [6.45, 7) is 0. The van der Waals surface area contributed by atoms with E-state index in [2.05, 4.69) is 24.3 Å². The molecule has 0 spiro atoms. The van der Waals surface area contributed by atoms with Gasteiger partial charge in [0.25, 0.3) is 0 Å². The van der Waals surface area contributed by atoms with Crippen molar-refractivity contribution in [1.82, 2.24) is 19.1 Å². The molecular formula is C61H33F3N6. The average Bonchev–Trinajstić information content (AvgIpc) is 3.92. The first-order valence-electron chi connectivity index (χ1n) is 22.4. The molecule has 0 saturated carbocycles. The lowest BCUT2D eigenvalue weighted by Crippen LogP contribution is -2.10. The highest BCUT2D eigenvalue weighted by Gasteiger charge is 2.35. The Balaban J connectivity index is 1.10. The summed E-state index contributed by atoms with van der Waals surface area (Å²) in [6, 6.07) is 69.0. The minimum absolute atomic E-state index is 0.114. The molecule has 0 radical (unpaired) electrons. The Morgan fingerprint density at radius 1 is 0.457 bits per heavy atom. The fourth-order valence-corrected chi connectivity index (χ4v) is 9.79. The molecule has 0 saturated heterocycles. The topological polar surface area (TPSA) is 83.2 Å². The molecule has 12 rings (SSSR count). The van der Waals surface area contributed by atoms with Crippen LogP contribution in [0.1, 0.15) is 16.7 Å². The standard InChI is InChI=1S/C61H33F3N6/c62-61(63,64)51-19-11-16-42(34-65)60(51)45-32-58(69-54-20-9-7-17-46(54)48-30-40(24-28-56(48)69)43-22-26-52(67-36-43)38-12-3-1-4-13-38)50(35-66)59(33-45)70-55-21-10-8-18-47(55)49-31-41(25-29-57(49)70)44-23-27-53(68-37-44)39-14-5-2-6-15-39/h1-7,9-17,19-33,36-37H. The van der Waals surface area contributed by atoms with Gasteiger partial charge in [0.2, 0.25) is 0 Å². The van der Waals surface area contributed by atoms with Crippen molar-refractivity contribution in [3.05, 3.63) is 229 Å². The molecule has 12 aromatic rings. The molecule has 4 heterocycles. The van der Waals surface area contributed by atoms with Crippen molar-refractivity contribution in [2.24, 2.45) is 0 Å². The third-order valence-corrected chi connectivity index (χ3v) is 13.0. The van der Waals surface area contributed by atoms with Crippen LogP contribution in [0, 0.1) is 34.8 Å². The Hall–Kier alpha value is -9.75. The van der Waals surface area contributed by atoms with E-state index < -0.39 is 11.7 Å². The van der Waals surface area contributed by atoms with Crippen molar-refractivity contribution >= 4 is 43.6 Å². The molecule has 0 amide bonds. The van der Waals surface area contributed by atoms with E-state index in [1.54, 1.807) is 18.2 Å². The summed E-state index contributed by atoms with van der Waals surface area (Å²) in [4.78, 5) is 9.55. The molecule has 9 heteroatoms. The zero-order valence-electron chi connectivity index (χ0n) is 36.9. The number of halogens is 3. The Kier molecular flexibility index (Phi) is 9.84. The van der Waals surface area contributed by atoms with Crippen LogP contribution in [-0.2, 0) is 6.18 Å². The first-order chi connectivity index (χ1) is 34.3. The van der Waals surface area contributed by atoms with E-state index in [1.807, 2.05) is 173 Å². The van der Waals surface area contributed by atoms with Crippen LogP contribution in [0.15, 0.2) is 200 Å². The third-order valence-electron chi connectivity index (χ3n) is 13.0. The van der Waals surface area contributed by atoms with E-state index in [-0.39, 0.29) is 22.3 Å². The van der Waals surface area contributed by atoms with Crippen LogP contribution in [0.5, 0.6) is 0 Å². The summed E-state index contributed by atoms with van der Waals surface area (Å²) >= 11 is 0. The highest BCUT2D eigenvalue weighted by molar-refractivity contribution is 6.12. The molecule has 70 heavy (non-hydrogen) atoms. The second kappa shape index (κ2) is 16.5. The number of hydrogen-bond donors (Lipinski definition) is 0. The summed E-state index contributed by atoms with van der Waals surface area (Å²) in [5.41, 5.74) is 9.66. The van der Waals surface area contributed by atoms with E-state index in [0.29, 0.717) is 27.8 Å². The first-order valence-corrected chi connectivity index (χ1v) is 22.4. The molecule has 6 nitrogen and oxygen atoms in total. The fourth-order valence-electron chi connectivity index (χ4n) is 9.79. The summed E-state index contributed by atoms with van der Waals surface area (Å²) in [6.07, 6.45) is -1.13. The molecule has 0 bridgehead atoms. The van der Waals surface area contributed by atoms with Gasteiger partial charge in [-0.15, -0.1) is 0 Å². The molecule has 0 atom stereocenters. The second-order valence-corrected chi connectivity index (χ2v) is 17.0. The molecule has 0 aliphatic heterocycles. The minimum Gasteiger partial charge on any atom is -0.308 e. The van der Waals surface area contributed by atoms with Crippen molar-refractivity contribution in [2.75, 3.05) is 0 Å². The van der Waals surface area contributed by atoms with Gasteiger partial charge in [-0.2, -0.15) is 23.7 Å². The fraction of sp³-hybridized carbons (Fsp3) is 0.0164. The zero-order valence-corrected chi connectivity index (χ0v) is 36.9. The Morgan fingerprint density at radius 3 is 1.60 bits per heavy atom. The van der Waals surface area contributed by atoms with Crippen LogP contribution < -0.4 is 0 Å². The molecule has 0 fully saturated rings. The number of nitrogens with zero attached hydrogens (tertiary/aromatic N) is 6. The Morgan fingerprint density at radius 2 is 1.01 bits per heavy atom. The molecule has 328 valence electrons. The number of nitriles is 2. The van der Waals surface area contributed by atoms with Crippen molar-refractivity contribution < 1.29 is 13.2 Å². The van der Waals surface area contributed by atoms with Gasteiger partial charge in [-0.05, 0) is 95.6 Å². The number of fused-ring (bicyclic) bond motifs is 6. The van der Waals surface area contributed by atoms with Crippen LogP contribution in [0.3, 0.4) is 0 Å². The van der Waals surface area contributed by atoms with Gasteiger partial charge in [-0.1, -0.05) is 121 Å². The predicted molar refractivity (Wildman–Crippen MR) is 270 cm³/mol. The molecule has 4 aromatic heterocycles. The SMILES string of the molecule is N#Cc1cccc(C(F)(F)F)c1-c1cc(-n2c3ccc#cc3c3cc(-c4ccc(-c5ccccc5)nc4)ccc32)c(C#N)c(-n2c3ccccc3c3cc(-c4ccc(-c5ccccc5)nc4)ccc32)c1. The lowest BCUT2D eigenvalue weighted by atomic mass is 9.92. The van der Waals surface area contributed by atoms with Crippen molar-refractivity contribution in [3.8, 4) is 79.4 Å². The van der Waals surface area contributed by atoms with Crippen LogP contribution in [-0.4, -0.2) is 19.1 Å². The normalized spacial score (nSPS) is 11.5. The summed E-state index contributed by atoms with van der Waals surface area (Å²) < 4.78 is 49.3. The number of rotatable bonds is 7. The molecule has 0 N–H and O–H groups in total. The third kappa shape index (κ3) is 6.91. The second-order valence-electron chi connectivity index (χ2n) is 17.0. The zero-order chi connectivity index (χ0) is 47.5. The number of hydrogen-bond acceptors (Lipinski definition) is 4. The summed E-state index contributed by atoms with van der Waals surface area (Å²) in [7, 11) is 0. The van der Waals surface area contributed by atoms with E-state index in [9.17, 15) is 10.5 Å². The summed E-state index contributed by atoms with van der Waals surface area (Å²) in [5, 5.41) is 25.2. The van der Waals surface area contributed by atoms with Gasteiger partial charge in [0, 0.05) is 56.4 Å². The van der Waals surface area contributed by atoms with E-state index in [4.69, 9.17) is 9.97 Å². The van der Waals surface area contributed by atoms with Gasteiger partial charge < -0.3 is 9.13 Å². The number of para-hydroxylation sites is 1. The average molecular weight is 907 g/mol. The van der Waals surface area contributed by atoms with E-state index in [0.717, 1.165) is 78.0 Å². The van der Waals surface area contributed by atoms with Gasteiger partial charge >= 0.3 is 6.18 Å². The van der Waals surface area contributed by atoms with E-state index >= 15 is 13.2 Å². The van der Waals surface area contributed by atoms with Crippen LogP contribution in [0.2, 0.25) is 0 Å². The lowest BCUT2D eigenvalue weighted by Gasteiger charge is -2.20. The molecular weight excluding hydrogens is 874 g/mol. The maximum absolute atomic E-state index is 15.2. The largest absolute Gasteiger partial charge is 0.417 e. The van der Waals surface area contributed by atoms with Crippen LogP contribution in [0.4, 0.5) is 13.2 Å². The van der Waals surface area contributed by atoms with Gasteiger partial charge in [0.1, 0.15) is 11.6 Å². The Labute approximate surface area is 399 Å². The lowest BCUT2D eigenvalue weighted by molar-refractivity contribution is -0.137. The van der Waals surface area contributed by atoms with Gasteiger partial charge in [-0.25, -0.2) is 0 Å². The minimum atomic E-state index is -4.81. The number of aromatic nitrogens is 4. The summed E-state index contributed by atoms with van der Waals surface area (Å²) in [5.74, 6) is 0. The maximum atomic E-state index is 15.2. The van der Waals surface area contributed by atoms with Gasteiger partial charge in [0.05, 0.1) is 67.4 Å². The monoisotopic (exact) mass is 906 g/mol. The highest BCUT2D eigenvalue weighted by atomic mass is 19.4. The van der Waals surface area contributed by atoms with Gasteiger partial charge in [-0.3, -0.25) is 9.97 Å². The van der Waals surface area contributed by atoms with Gasteiger partial charge in [0.15, 0.2) is 0 Å². The molecule has 0 unspecified atom stereocenters. The predicted octanol–water partition coefficient (Wildman–Crippen LogP) is 15.4. The first kappa shape index (κ1) is 41.7. The maximum Gasteiger partial charge on any atom is 0.417 e. The smallest absolute Gasteiger partial charge is 0.308 e. The number of pyridine rings is 2. The quantitative estimate of drug-likeness (QED) is 0.159. The van der Waals surface area contributed by atoms with E-state index in [1.165, 1.54) is 12.1 Å². The van der Waals surface area contributed by atoms with Crippen LogP contribution in [0.25, 0.3) is 111 Å². The molecule has 8 aromatic carbocycles. The number of benzene rings is 7. The molecule has 0 aliphatic carbocycles. The van der Waals surface area contributed by atoms with Crippen molar-refractivity contribution in [1.29, 1.82) is 10.5 Å². The van der Waals surface area contributed by atoms with Crippen molar-refractivity contribution in [2.45, 2.75) is 6.18 Å². The van der Waals surface area contributed by atoms with Crippen LogP contribution >= 0.6 is 0 Å². The highest BCUT2D eigenvalue weighted by Crippen LogP contribution is 2.45. The number of alkyl halides is 3.